The van der Waals surface area contributed by atoms with Gasteiger partial charge in [-0.05, 0) is 25.1 Å². The highest BCUT2D eigenvalue weighted by Gasteiger charge is 2.21. The molecule has 0 aliphatic carbocycles. The van der Waals surface area contributed by atoms with Crippen LogP contribution in [0.2, 0.25) is 0 Å². The molecule has 3 heteroatoms. The van der Waals surface area contributed by atoms with Crippen molar-refractivity contribution in [3.63, 3.8) is 0 Å². The molecule has 0 saturated heterocycles. The van der Waals surface area contributed by atoms with Gasteiger partial charge in [0.15, 0.2) is 0 Å². The van der Waals surface area contributed by atoms with E-state index in [9.17, 15) is 0 Å². The molecule has 3 aromatic rings. The third kappa shape index (κ3) is 4.31. The Hall–Kier alpha value is -2.52. The second-order valence-corrected chi connectivity index (χ2v) is 6.32. The Labute approximate surface area is 149 Å². The predicted octanol–water partition coefficient (Wildman–Crippen LogP) is 4.13. The van der Waals surface area contributed by atoms with Crippen molar-refractivity contribution in [3.8, 4) is 5.75 Å². The van der Waals surface area contributed by atoms with Crippen LogP contribution in [0.1, 0.15) is 42.2 Å². The standard InChI is InChI=1S/C22H25NO2/c1-17(18-9-4-3-5-10-18)23-15-14-20(22-13-8-16-25-22)19-11-6-7-12-21(19)24-2/h3-13,16-17,20,23H,14-15H2,1-2H3/p+1/t17-,20-/m1/s1. The quantitative estimate of drug-likeness (QED) is 0.671. The first-order valence-corrected chi connectivity index (χ1v) is 8.84. The van der Waals surface area contributed by atoms with Gasteiger partial charge in [-0.25, -0.2) is 0 Å². The summed E-state index contributed by atoms with van der Waals surface area (Å²) in [5.41, 5.74) is 2.54. The molecule has 0 radical (unpaired) electrons. The van der Waals surface area contributed by atoms with E-state index in [2.05, 4.69) is 60.8 Å². The Bertz CT molecular complexity index is 753. The van der Waals surface area contributed by atoms with Crippen LogP contribution in [-0.2, 0) is 0 Å². The molecule has 3 rings (SSSR count). The molecule has 0 aliphatic rings. The predicted molar refractivity (Wildman–Crippen MR) is 99.8 cm³/mol. The lowest BCUT2D eigenvalue weighted by molar-refractivity contribution is -0.693. The highest BCUT2D eigenvalue weighted by atomic mass is 16.5. The van der Waals surface area contributed by atoms with Crippen molar-refractivity contribution in [2.75, 3.05) is 13.7 Å². The summed E-state index contributed by atoms with van der Waals surface area (Å²) in [6.07, 6.45) is 2.74. The van der Waals surface area contributed by atoms with E-state index in [1.807, 2.05) is 18.2 Å². The smallest absolute Gasteiger partial charge is 0.122 e. The second kappa shape index (κ2) is 8.54. The fraction of sp³-hybridized carbons (Fsp3) is 0.273. The van der Waals surface area contributed by atoms with Gasteiger partial charge >= 0.3 is 0 Å². The summed E-state index contributed by atoms with van der Waals surface area (Å²) in [4.78, 5) is 0. The molecule has 0 spiro atoms. The van der Waals surface area contributed by atoms with Gasteiger partial charge in [0.05, 0.1) is 25.8 Å². The van der Waals surface area contributed by atoms with Gasteiger partial charge in [0.25, 0.3) is 0 Å². The van der Waals surface area contributed by atoms with E-state index >= 15 is 0 Å². The lowest BCUT2D eigenvalue weighted by atomic mass is 9.92. The van der Waals surface area contributed by atoms with Crippen molar-refractivity contribution < 1.29 is 14.5 Å². The largest absolute Gasteiger partial charge is 0.496 e. The van der Waals surface area contributed by atoms with E-state index in [1.165, 1.54) is 11.1 Å². The summed E-state index contributed by atoms with van der Waals surface area (Å²) in [5, 5.41) is 2.39. The van der Waals surface area contributed by atoms with Crippen molar-refractivity contribution in [1.82, 2.24) is 0 Å². The fourth-order valence-electron chi connectivity index (χ4n) is 3.30. The number of methoxy groups -OCH3 is 1. The van der Waals surface area contributed by atoms with E-state index in [0.29, 0.717) is 6.04 Å². The molecule has 0 fully saturated rings. The number of para-hydroxylation sites is 1. The van der Waals surface area contributed by atoms with E-state index in [0.717, 1.165) is 24.5 Å². The molecule has 0 unspecified atom stereocenters. The Balaban J connectivity index is 1.71. The van der Waals surface area contributed by atoms with Gasteiger partial charge in [-0.1, -0.05) is 48.5 Å². The van der Waals surface area contributed by atoms with Crippen LogP contribution in [0, 0.1) is 0 Å². The van der Waals surface area contributed by atoms with Gasteiger partial charge in [0.2, 0.25) is 0 Å². The van der Waals surface area contributed by atoms with Crippen LogP contribution in [0.3, 0.4) is 0 Å². The molecule has 2 atom stereocenters. The van der Waals surface area contributed by atoms with E-state index in [-0.39, 0.29) is 5.92 Å². The lowest BCUT2D eigenvalue weighted by Crippen LogP contribution is -2.84. The highest BCUT2D eigenvalue weighted by molar-refractivity contribution is 5.39. The van der Waals surface area contributed by atoms with Gasteiger partial charge in [0.1, 0.15) is 17.6 Å². The molecule has 2 aromatic carbocycles. The summed E-state index contributed by atoms with van der Waals surface area (Å²) in [6, 6.07) is 23.3. The lowest BCUT2D eigenvalue weighted by Gasteiger charge is -2.19. The topological polar surface area (TPSA) is 39.0 Å². The minimum Gasteiger partial charge on any atom is -0.496 e. The summed E-state index contributed by atoms with van der Waals surface area (Å²) in [5.74, 6) is 2.11. The van der Waals surface area contributed by atoms with Crippen molar-refractivity contribution >= 4 is 0 Å². The van der Waals surface area contributed by atoms with Crippen LogP contribution < -0.4 is 10.1 Å². The molecule has 130 valence electrons. The number of rotatable bonds is 8. The SMILES string of the molecule is COc1ccccc1[C@@H](CC[NH2+][C@H](C)c1ccccc1)c1ccco1. The molecular weight excluding hydrogens is 310 g/mol. The van der Waals surface area contributed by atoms with Crippen LogP contribution in [0.5, 0.6) is 5.75 Å². The van der Waals surface area contributed by atoms with E-state index in [4.69, 9.17) is 9.15 Å². The molecule has 0 aliphatic heterocycles. The first-order valence-electron chi connectivity index (χ1n) is 8.84. The van der Waals surface area contributed by atoms with Crippen LogP contribution in [-0.4, -0.2) is 13.7 Å². The molecule has 3 nitrogen and oxygen atoms in total. The summed E-state index contributed by atoms with van der Waals surface area (Å²) < 4.78 is 11.3. The van der Waals surface area contributed by atoms with Crippen LogP contribution >= 0.6 is 0 Å². The Morgan fingerprint density at radius 3 is 2.44 bits per heavy atom. The average molecular weight is 336 g/mol. The zero-order valence-corrected chi connectivity index (χ0v) is 14.9. The number of ether oxygens (including phenoxy) is 1. The minimum atomic E-state index is 0.199. The van der Waals surface area contributed by atoms with Gasteiger partial charge < -0.3 is 14.5 Å². The molecule has 1 aromatic heterocycles. The van der Waals surface area contributed by atoms with Crippen molar-refractivity contribution in [3.05, 3.63) is 89.9 Å². The normalized spacial score (nSPS) is 13.4. The summed E-state index contributed by atoms with van der Waals surface area (Å²) >= 11 is 0. The molecule has 0 amide bonds. The van der Waals surface area contributed by atoms with Gasteiger partial charge in [-0.15, -0.1) is 0 Å². The first kappa shape index (κ1) is 17.3. The minimum absolute atomic E-state index is 0.199. The Kier molecular flexibility index (Phi) is 5.91. The molecule has 25 heavy (non-hydrogen) atoms. The third-order valence-corrected chi connectivity index (χ3v) is 4.70. The number of hydrogen-bond acceptors (Lipinski definition) is 2. The highest BCUT2D eigenvalue weighted by Crippen LogP contribution is 2.34. The molecule has 1 heterocycles. The number of quaternary nitrogens is 1. The van der Waals surface area contributed by atoms with Gasteiger partial charge in [-0.2, -0.15) is 0 Å². The van der Waals surface area contributed by atoms with Crippen LogP contribution in [0.15, 0.2) is 77.4 Å². The maximum absolute atomic E-state index is 5.72. The summed E-state index contributed by atoms with van der Waals surface area (Å²) in [7, 11) is 1.72. The Morgan fingerprint density at radius 2 is 1.72 bits per heavy atom. The number of benzene rings is 2. The number of hydrogen-bond donors (Lipinski definition) is 1. The summed E-state index contributed by atoms with van der Waals surface area (Å²) in [6.45, 7) is 3.26. The molecule has 0 saturated carbocycles. The molecule has 2 N–H and O–H groups in total. The third-order valence-electron chi connectivity index (χ3n) is 4.70. The monoisotopic (exact) mass is 336 g/mol. The van der Waals surface area contributed by atoms with Crippen molar-refractivity contribution in [1.29, 1.82) is 0 Å². The van der Waals surface area contributed by atoms with Gasteiger partial charge in [0, 0.05) is 17.5 Å². The molecular formula is C22H26NO2+. The van der Waals surface area contributed by atoms with Crippen LogP contribution in [0.25, 0.3) is 0 Å². The fourth-order valence-corrected chi connectivity index (χ4v) is 3.30. The van der Waals surface area contributed by atoms with Crippen LogP contribution in [0.4, 0.5) is 0 Å². The van der Waals surface area contributed by atoms with Crippen molar-refractivity contribution in [2.45, 2.75) is 25.3 Å². The average Bonchev–Trinajstić information content (AvgIpc) is 3.20. The zero-order chi connectivity index (χ0) is 17.5. The second-order valence-electron chi connectivity index (χ2n) is 6.32. The number of furan rings is 1. The molecule has 0 bridgehead atoms. The maximum atomic E-state index is 5.72. The van der Waals surface area contributed by atoms with Gasteiger partial charge in [-0.3, -0.25) is 0 Å². The Morgan fingerprint density at radius 1 is 0.960 bits per heavy atom. The van der Waals surface area contributed by atoms with E-state index < -0.39 is 0 Å². The maximum Gasteiger partial charge on any atom is 0.122 e. The van der Waals surface area contributed by atoms with Crippen molar-refractivity contribution in [2.24, 2.45) is 0 Å². The number of nitrogens with two attached hydrogens (primary N) is 1. The zero-order valence-electron chi connectivity index (χ0n) is 14.9. The van der Waals surface area contributed by atoms with E-state index in [1.54, 1.807) is 13.4 Å². The first-order chi connectivity index (χ1) is 12.3.